The maximum Gasteiger partial charge on any atom is 0.253 e. The van der Waals surface area contributed by atoms with Crippen molar-refractivity contribution in [3.05, 3.63) is 29.3 Å². The van der Waals surface area contributed by atoms with Crippen LogP contribution in [0.25, 0.3) is 0 Å². The molecule has 5 heteroatoms. The van der Waals surface area contributed by atoms with Gasteiger partial charge in [-0.25, -0.2) is 0 Å². The third-order valence-electron chi connectivity index (χ3n) is 3.62. The van der Waals surface area contributed by atoms with Gasteiger partial charge in [-0.2, -0.15) is 0 Å². The van der Waals surface area contributed by atoms with E-state index in [2.05, 4.69) is 0 Å². The number of benzene rings is 1. The summed E-state index contributed by atoms with van der Waals surface area (Å²) in [4.78, 5) is 14.1. The minimum atomic E-state index is -0.0314. The van der Waals surface area contributed by atoms with Crippen molar-refractivity contribution in [2.75, 3.05) is 25.6 Å². The van der Waals surface area contributed by atoms with Gasteiger partial charge in [0.25, 0.3) is 5.91 Å². The van der Waals surface area contributed by atoms with Crippen molar-refractivity contribution in [2.24, 2.45) is 0 Å². The summed E-state index contributed by atoms with van der Waals surface area (Å²) >= 11 is 5.59. The number of carbonyl (C=O) groups excluding carboxylic acids is 1. The first-order valence-corrected chi connectivity index (χ1v) is 7.41. The number of rotatable bonds is 4. The fourth-order valence-corrected chi connectivity index (χ4v) is 2.45. The molecule has 1 aromatic carbocycles. The summed E-state index contributed by atoms with van der Waals surface area (Å²) in [7, 11) is 0. The molecule has 20 heavy (non-hydrogen) atoms. The molecule has 0 spiro atoms. The molecule has 0 unspecified atom stereocenters. The normalized spacial score (nSPS) is 16.4. The van der Waals surface area contributed by atoms with Crippen molar-refractivity contribution in [3.63, 3.8) is 0 Å². The molecule has 0 atom stereocenters. The summed E-state index contributed by atoms with van der Waals surface area (Å²) in [6.45, 7) is 3.73. The lowest BCUT2D eigenvalue weighted by molar-refractivity contribution is 0.0154. The molecular formula is C15H20ClNO3. The number of alkyl halides is 1. The zero-order valence-electron chi connectivity index (χ0n) is 11.6. The molecule has 1 aliphatic heterocycles. The number of piperidine rings is 1. The lowest BCUT2D eigenvalue weighted by Gasteiger charge is -2.32. The lowest BCUT2D eigenvalue weighted by atomic mass is 10.1. The molecule has 0 aliphatic carbocycles. The van der Waals surface area contributed by atoms with Crippen LogP contribution in [0.2, 0.25) is 0 Å². The molecule has 0 bridgehead atoms. The van der Waals surface area contributed by atoms with Crippen LogP contribution in [0, 0.1) is 6.92 Å². The number of carbonyl (C=O) groups is 1. The van der Waals surface area contributed by atoms with Gasteiger partial charge in [0.2, 0.25) is 0 Å². The summed E-state index contributed by atoms with van der Waals surface area (Å²) in [5.74, 6) is 0.634. The molecule has 1 amide bonds. The van der Waals surface area contributed by atoms with E-state index in [9.17, 15) is 9.90 Å². The van der Waals surface area contributed by atoms with Crippen LogP contribution >= 0.6 is 11.6 Å². The Kier molecular flexibility index (Phi) is 5.26. The largest absolute Gasteiger partial charge is 0.508 e. The predicted molar refractivity (Wildman–Crippen MR) is 78.4 cm³/mol. The van der Waals surface area contributed by atoms with Crippen LogP contribution in [0.15, 0.2) is 18.2 Å². The molecule has 0 aromatic heterocycles. The fourth-order valence-electron chi connectivity index (χ4n) is 2.36. The highest BCUT2D eigenvalue weighted by Crippen LogP contribution is 2.21. The summed E-state index contributed by atoms with van der Waals surface area (Å²) in [6, 6.07) is 5.06. The first-order valence-electron chi connectivity index (χ1n) is 6.88. The zero-order chi connectivity index (χ0) is 14.5. The van der Waals surface area contributed by atoms with Gasteiger partial charge in [0.15, 0.2) is 0 Å². The van der Waals surface area contributed by atoms with Crippen molar-refractivity contribution in [1.82, 2.24) is 4.90 Å². The third kappa shape index (κ3) is 3.64. The van der Waals surface area contributed by atoms with E-state index in [0.29, 0.717) is 31.1 Å². The van der Waals surface area contributed by atoms with Gasteiger partial charge in [0.1, 0.15) is 5.75 Å². The van der Waals surface area contributed by atoms with Gasteiger partial charge >= 0.3 is 0 Å². The van der Waals surface area contributed by atoms with Gasteiger partial charge in [-0.1, -0.05) is 6.07 Å². The number of hydrogen-bond acceptors (Lipinski definition) is 3. The number of aromatic hydroxyl groups is 1. The smallest absolute Gasteiger partial charge is 0.253 e. The highest BCUT2D eigenvalue weighted by Gasteiger charge is 2.24. The van der Waals surface area contributed by atoms with E-state index in [1.807, 2.05) is 11.8 Å². The highest BCUT2D eigenvalue weighted by atomic mass is 35.5. The predicted octanol–water partition coefficient (Wildman–Crippen LogP) is 2.56. The molecule has 1 aromatic rings. The average molecular weight is 298 g/mol. The molecular weight excluding hydrogens is 278 g/mol. The van der Waals surface area contributed by atoms with E-state index in [1.165, 1.54) is 6.07 Å². The standard InChI is InChI=1S/C15H20ClNO3/c1-11-2-3-12(10-14(11)18)15(19)17-7-4-13(5-8-17)20-9-6-16/h2-3,10,13,18H,4-9H2,1H3. The average Bonchev–Trinajstić information content (AvgIpc) is 2.48. The minimum Gasteiger partial charge on any atom is -0.508 e. The van der Waals surface area contributed by atoms with E-state index in [-0.39, 0.29) is 17.8 Å². The monoisotopic (exact) mass is 297 g/mol. The number of nitrogens with zero attached hydrogens (tertiary/aromatic N) is 1. The van der Waals surface area contributed by atoms with Gasteiger partial charge in [-0.15, -0.1) is 11.6 Å². The number of ether oxygens (including phenoxy) is 1. The number of halogens is 1. The first-order chi connectivity index (χ1) is 9.61. The quantitative estimate of drug-likeness (QED) is 0.869. The number of phenols is 1. The van der Waals surface area contributed by atoms with Crippen LogP contribution in [0.5, 0.6) is 5.75 Å². The topological polar surface area (TPSA) is 49.8 Å². The Morgan fingerprint density at radius 1 is 1.45 bits per heavy atom. The van der Waals surface area contributed by atoms with Crippen LogP contribution in [-0.4, -0.2) is 47.6 Å². The Labute approximate surface area is 124 Å². The summed E-state index contributed by atoms with van der Waals surface area (Å²) in [5, 5.41) is 9.68. The molecule has 1 aliphatic rings. The molecule has 4 nitrogen and oxygen atoms in total. The molecule has 1 heterocycles. The lowest BCUT2D eigenvalue weighted by Crippen LogP contribution is -2.41. The van der Waals surface area contributed by atoms with Crippen LogP contribution in [0.3, 0.4) is 0 Å². The second-order valence-electron chi connectivity index (χ2n) is 5.05. The van der Waals surface area contributed by atoms with Gasteiger partial charge in [-0.3, -0.25) is 4.79 Å². The highest BCUT2D eigenvalue weighted by molar-refractivity contribution is 6.17. The first kappa shape index (κ1) is 15.1. The van der Waals surface area contributed by atoms with Crippen molar-refractivity contribution in [3.8, 4) is 5.75 Å². The maximum absolute atomic E-state index is 12.3. The minimum absolute atomic E-state index is 0.0314. The summed E-state index contributed by atoms with van der Waals surface area (Å²) in [6.07, 6.45) is 1.87. The summed E-state index contributed by atoms with van der Waals surface area (Å²) < 4.78 is 5.59. The van der Waals surface area contributed by atoms with Crippen LogP contribution in [-0.2, 0) is 4.74 Å². The van der Waals surface area contributed by atoms with E-state index in [0.717, 1.165) is 18.4 Å². The molecule has 0 radical (unpaired) electrons. The Morgan fingerprint density at radius 3 is 2.75 bits per heavy atom. The Morgan fingerprint density at radius 2 is 2.15 bits per heavy atom. The van der Waals surface area contributed by atoms with E-state index in [4.69, 9.17) is 16.3 Å². The Hall–Kier alpha value is -1.26. The third-order valence-corrected chi connectivity index (χ3v) is 3.77. The molecule has 0 saturated carbocycles. The van der Waals surface area contributed by atoms with Crippen LogP contribution < -0.4 is 0 Å². The van der Waals surface area contributed by atoms with E-state index in [1.54, 1.807) is 12.1 Å². The SMILES string of the molecule is Cc1ccc(C(=O)N2CCC(OCCCl)CC2)cc1O. The molecule has 110 valence electrons. The zero-order valence-corrected chi connectivity index (χ0v) is 12.4. The van der Waals surface area contributed by atoms with Crippen LogP contribution in [0.1, 0.15) is 28.8 Å². The number of amides is 1. The molecule has 1 saturated heterocycles. The van der Waals surface area contributed by atoms with Gasteiger partial charge in [0, 0.05) is 24.5 Å². The second kappa shape index (κ2) is 6.95. The Bertz CT molecular complexity index is 470. The second-order valence-corrected chi connectivity index (χ2v) is 5.43. The maximum atomic E-state index is 12.3. The van der Waals surface area contributed by atoms with Crippen molar-refractivity contribution in [1.29, 1.82) is 0 Å². The van der Waals surface area contributed by atoms with Crippen molar-refractivity contribution >= 4 is 17.5 Å². The van der Waals surface area contributed by atoms with Crippen molar-refractivity contribution in [2.45, 2.75) is 25.9 Å². The fraction of sp³-hybridized carbons (Fsp3) is 0.533. The van der Waals surface area contributed by atoms with Gasteiger partial charge in [0.05, 0.1) is 12.7 Å². The molecule has 1 N–H and O–H groups in total. The molecule has 1 fully saturated rings. The number of aryl methyl sites for hydroxylation is 1. The van der Waals surface area contributed by atoms with E-state index >= 15 is 0 Å². The van der Waals surface area contributed by atoms with Crippen LogP contribution in [0.4, 0.5) is 0 Å². The number of likely N-dealkylation sites (tertiary alicyclic amines) is 1. The number of hydrogen-bond donors (Lipinski definition) is 1. The van der Waals surface area contributed by atoms with Gasteiger partial charge < -0.3 is 14.7 Å². The van der Waals surface area contributed by atoms with Gasteiger partial charge in [-0.05, 0) is 37.5 Å². The number of phenolic OH excluding ortho intramolecular Hbond substituents is 1. The Balaban J connectivity index is 1.92. The van der Waals surface area contributed by atoms with Crippen molar-refractivity contribution < 1.29 is 14.6 Å². The molecule has 2 rings (SSSR count). The van der Waals surface area contributed by atoms with E-state index < -0.39 is 0 Å². The summed E-state index contributed by atoms with van der Waals surface area (Å²) in [5.41, 5.74) is 1.31.